The first-order valence-electron chi connectivity index (χ1n) is 9.50. The van der Waals surface area contributed by atoms with E-state index in [1.54, 1.807) is 17.8 Å². The summed E-state index contributed by atoms with van der Waals surface area (Å²) in [5.74, 6) is -0.0645. The van der Waals surface area contributed by atoms with E-state index in [9.17, 15) is 5.26 Å². The molecule has 2 heterocycles. The van der Waals surface area contributed by atoms with E-state index < -0.39 is 0 Å². The molecule has 30 heavy (non-hydrogen) atoms. The highest BCUT2D eigenvalue weighted by Gasteiger charge is 2.32. The number of nitrogens with two attached hydrogens (primary N) is 1. The van der Waals surface area contributed by atoms with Crippen molar-refractivity contribution in [3.63, 3.8) is 0 Å². The lowest BCUT2D eigenvalue weighted by Gasteiger charge is -2.39. The van der Waals surface area contributed by atoms with Gasteiger partial charge < -0.3 is 15.5 Å². The molecule has 1 fully saturated rings. The third-order valence-corrected chi connectivity index (χ3v) is 6.40. The second-order valence-electron chi connectivity index (χ2n) is 7.16. The third-order valence-electron chi connectivity index (χ3n) is 5.29. The normalized spacial score (nSPS) is 15.5. The predicted octanol–water partition coefficient (Wildman–Crippen LogP) is 4.38. The molecule has 9 heteroatoms. The van der Waals surface area contributed by atoms with E-state index in [4.69, 9.17) is 21.9 Å². The fourth-order valence-corrected chi connectivity index (χ4v) is 5.18. The van der Waals surface area contributed by atoms with Gasteiger partial charge in [-0.3, -0.25) is 5.41 Å². The molecule has 1 saturated heterocycles. The minimum absolute atomic E-state index is 0. The van der Waals surface area contributed by atoms with Crippen molar-refractivity contribution in [3.05, 3.63) is 47.5 Å². The van der Waals surface area contributed by atoms with Crippen LogP contribution in [0.5, 0.6) is 0 Å². The quantitative estimate of drug-likeness (QED) is 0.409. The van der Waals surface area contributed by atoms with Crippen molar-refractivity contribution in [2.45, 2.75) is 35.6 Å². The highest BCUT2D eigenvalue weighted by Crippen LogP contribution is 2.50. The van der Waals surface area contributed by atoms with E-state index in [0.717, 1.165) is 35.9 Å². The summed E-state index contributed by atoms with van der Waals surface area (Å²) >= 11 is 1.68. The van der Waals surface area contributed by atoms with Crippen LogP contribution in [0.25, 0.3) is 0 Å². The van der Waals surface area contributed by atoms with Gasteiger partial charge in [0.25, 0.3) is 0 Å². The summed E-state index contributed by atoms with van der Waals surface area (Å²) in [7, 11) is 0. The molecule has 2 aromatic rings. The van der Waals surface area contributed by atoms with Gasteiger partial charge in [-0.1, -0.05) is 23.9 Å². The van der Waals surface area contributed by atoms with Crippen LogP contribution in [0, 0.1) is 27.5 Å². The van der Waals surface area contributed by atoms with E-state index >= 15 is 0 Å². The average molecular weight is 442 g/mol. The van der Waals surface area contributed by atoms with E-state index in [0.29, 0.717) is 11.1 Å². The second-order valence-corrected chi connectivity index (χ2v) is 8.24. The van der Waals surface area contributed by atoms with Crippen LogP contribution in [0.1, 0.15) is 30.9 Å². The van der Waals surface area contributed by atoms with Gasteiger partial charge in [0.05, 0.1) is 16.9 Å². The van der Waals surface area contributed by atoms with Crippen molar-refractivity contribution in [2.24, 2.45) is 5.73 Å². The van der Waals surface area contributed by atoms with Crippen LogP contribution < -0.4 is 10.6 Å². The number of nitriles is 1. The molecule has 0 saturated carbocycles. The SMILES string of the molecule is CC(CN1CCCC1)N1c2ccccc2Sc2ccc(C(=N)N)c(C#N)c21.Cl.N#N. The summed E-state index contributed by atoms with van der Waals surface area (Å²) in [5, 5.41) is 29.8. The predicted molar refractivity (Wildman–Crippen MR) is 121 cm³/mol. The molecule has 7 nitrogen and oxygen atoms in total. The maximum Gasteiger partial charge on any atom is 0.124 e. The van der Waals surface area contributed by atoms with Crippen molar-refractivity contribution >= 4 is 41.4 Å². The van der Waals surface area contributed by atoms with Gasteiger partial charge in [0.15, 0.2) is 0 Å². The highest BCUT2D eigenvalue weighted by molar-refractivity contribution is 7.99. The van der Waals surface area contributed by atoms with Gasteiger partial charge in [-0.05, 0) is 57.1 Å². The molecule has 2 aliphatic rings. The number of nitrogen functional groups attached to an aromatic ring is 1. The van der Waals surface area contributed by atoms with Crippen molar-refractivity contribution < 1.29 is 0 Å². The van der Waals surface area contributed by atoms with Crippen LogP contribution in [0.15, 0.2) is 46.2 Å². The second kappa shape index (κ2) is 10.3. The number of amidine groups is 1. The lowest BCUT2D eigenvalue weighted by atomic mass is 10.0. The maximum atomic E-state index is 9.91. The number of nitrogens with zero attached hydrogens (tertiary/aromatic N) is 5. The maximum absolute atomic E-state index is 9.91. The van der Waals surface area contributed by atoms with Crippen LogP contribution in [0.2, 0.25) is 0 Å². The zero-order valence-electron chi connectivity index (χ0n) is 16.7. The Bertz CT molecular complexity index is 979. The van der Waals surface area contributed by atoms with Crippen molar-refractivity contribution in [1.29, 1.82) is 21.5 Å². The summed E-state index contributed by atoms with van der Waals surface area (Å²) in [6, 6.07) is 14.7. The number of rotatable bonds is 4. The Balaban J connectivity index is 0.00000104. The number of nitrogens with one attached hydrogen (secondary N) is 1. The summed E-state index contributed by atoms with van der Waals surface area (Å²) in [6.45, 7) is 5.45. The topological polar surface area (TPSA) is 128 Å². The minimum Gasteiger partial charge on any atom is -0.384 e. The molecule has 0 aliphatic carbocycles. The molecule has 0 aromatic heterocycles. The summed E-state index contributed by atoms with van der Waals surface area (Å²) < 4.78 is 0. The molecular weight excluding hydrogens is 418 g/mol. The van der Waals surface area contributed by atoms with E-state index in [1.165, 1.54) is 17.7 Å². The van der Waals surface area contributed by atoms with E-state index in [-0.39, 0.29) is 24.3 Å². The molecule has 2 aliphatic heterocycles. The molecule has 4 rings (SSSR count). The molecule has 2 aromatic carbocycles. The van der Waals surface area contributed by atoms with Gasteiger partial charge in [0, 0.05) is 38.7 Å². The number of hydrogen-bond acceptors (Lipinski definition) is 7. The van der Waals surface area contributed by atoms with Crippen molar-refractivity contribution in [1.82, 2.24) is 4.90 Å². The fraction of sp³-hybridized carbons (Fsp3) is 0.333. The molecule has 0 spiro atoms. The fourth-order valence-electron chi connectivity index (χ4n) is 4.09. The molecule has 0 radical (unpaired) electrons. The highest BCUT2D eigenvalue weighted by atomic mass is 35.5. The van der Waals surface area contributed by atoms with Crippen LogP contribution >= 0.6 is 24.2 Å². The van der Waals surface area contributed by atoms with Gasteiger partial charge in [-0.25, -0.2) is 0 Å². The van der Waals surface area contributed by atoms with Crippen LogP contribution in [0.4, 0.5) is 11.4 Å². The molecular formula is C21H24ClN7S. The number of anilines is 2. The third kappa shape index (κ3) is 4.36. The summed E-state index contributed by atoms with van der Waals surface area (Å²) in [6.07, 6.45) is 2.52. The monoisotopic (exact) mass is 441 g/mol. The standard InChI is InChI=1S/C21H23N5S.ClH.N2/c1-14(13-25-10-4-5-11-25)26-17-6-2-3-7-18(17)27-19-9-8-15(21(23)24)16(12-22)20(19)26;;1-2/h2-3,6-9,14H,4-5,10-11,13H2,1H3,(H3,23,24);1H;. The smallest absolute Gasteiger partial charge is 0.124 e. The van der Waals surface area contributed by atoms with Crippen LogP contribution in [-0.2, 0) is 0 Å². The number of halogens is 1. The van der Waals surface area contributed by atoms with Gasteiger partial charge in [0.1, 0.15) is 11.9 Å². The Kier molecular flexibility index (Phi) is 8.08. The van der Waals surface area contributed by atoms with Crippen molar-refractivity contribution in [2.75, 3.05) is 24.5 Å². The Morgan fingerprint density at radius 3 is 2.47 bits per heavy atom. The Labute approximate surface area is 187 Å². The Hall–Kier alpha value is -2.78. The molecule has 156 valence electrons. The van der Waals surface area contributed by atoms with Crippen LogP contribution in [-0.4, -0.2) is 36.4 Å². The summed E-state index contributed by atoms with van der Waals surface area (Å²) in [5.41, 5.74) is 8.79. The van der Waals surface area contributed by atoms with E-state index in [1.807, 2.05) is 12.1 Å². The van der Waals surface area contributed by atoms with Gasteiger partial charge in [-0.15, -0.1) is 12.4 Å². The van der Waals surface area contributed by atoms with Crippen molar-refractivity contribution in [3.8, 4) is 6.07 Å². The lowest BCUT2D eigenvalue weighted by molar-refractivity contribution is 0.319. The first kappa shape index (κ1) is 23.5. The Morgan fingerprint density at radius 1 is 1.17 bits per heavy atom. The molecule has 1 atom stereocenters. The van der Waals surface area contributed by atoms with Gasteiger partial charge in [-0.2, -0.15) is 5.26 Å². The molecule has 3 N–H and O–H groups in total. The number of hydrogen-bond donors (Lipinski definition) is 2. The molecule has 0 amide bonds. The van der Waals surface area contributed by atoms with Gasteiger partial charge >= 0.3 is 0 Å². The first-order chi connectivity index (χ1) is 14.1. The first-order valence-corrected chi connectivity index (χ1v) is 10.3. The number of benzene rings is 2. The summed E-state index contributed by atoms with van der Waals surface area (Å²) in [4.78, 5) is 7.02. The zero-order chi connectivity index (χ0) is 21.0. The minimum atomic E-state index is -0.0645. The molecule has 1 unspecified atom stereocenters. The Morgan fingerprint density at radius 2 is 1.83 bits per heavy atom. The van der Waals surface area contributed by atoms with Gasteiger partial charge in [0.2, 0.25) is 0 Å². The average Bonchev–Trinajstić information content (AvgIpc) is 3.25. The zero-order valence-corrected chi connectivity index (χ0v) is 18.3. The molecule has 0 bridgehead atoms. The van der Waals surface area contributed by atoms with Crippen LogP contribution in [0.3, 0.4) is 0 Å². The number of likely N-dealkylation sites (tertiary alicyclic amines) is 1. The van der Waals surface area contributed by atoms with E-state index in [2.05, 4.69) is 41.0 Å². The lowest BCUT2D eigenvalue weighted by Crippen LogP contribution is -2.40. The number of para-hydroxylation sites is 1. The number of fused-ring (bicyclic) bond motifs is 2. The largest absolute Gasteiger partial charge is 0.384 e.